The minimum absolute atomic E-state index is 0.120. The highest BCUT2D eigenvalue weighted by molar-refractivity contribution is 6.74. The quantitative estimate of drug-likeness (QED) is 0.539. The molecule has 0 aromatic heterocycles. The lowest BCUT2D eigenvalue weighted by molar-refractivity contribution is -0.148. The molecule has 0 N–H and O–H groups in total. The summed E-state index contributed by atoms with van der Waals surface area (Å²) < 4.78 is 10.4. The van der Waals surface area contributed by atoms with Gasteiger partial charge in [-0.15, -0.1) is 0 Å². The van der Waals surface area contributed by atoms with E-state index in [2.05, 4.69) is 38.6 Å². The fraction of sp³-hybridized carbons (Fsp3) is 0.900. The Morgan fingerprint density at radius 1 is 1.29 bits per heavy atom. The van der Waals surface area contributed by atoms with Gasteiger partial charge in [-0.2, -0.15) is 0 Å². The highest BCUT2D eigenvalue weighted by Crippen LogP contribution is 2.37. The number of rotatable bonds is 3. The number of methoxy groups -OCH3 is 1. The topological polar surface area (TPSA) is 35.5 Å². The van der Waals surface area contributed by atoms with Crippen molar-refractivity contribution in [3.8, 4) is 0 Å². The standard InChI is InChI=1S/C10H22O3Si/c1-8(9(11)12-5)13-14(6,7)10(2,3)4/h8H,1-7H3/t8-/m0/s1. The summed E-state index contributed by atoms with van der Waals surface area (Å²) in [4.78, 5) is 11.2. The van der Waals surface area contributed by atoms with Crippen molar-refractivity contribution in [2.75, 3.05) is 7.11 Å². The van der Waals surface area contributed by atoms with Crippen molar-refractivity contribution >= 4 is 14.3 Å². The Balaban J connectivity index is 4.44. The average molecular weight is 218 g/mol. The van der Waals surface area contributed by atoms with Crippen LogP contribution in [-0.2, 0) is 14.0 Å². The van der Waals surface area contributed by atoms with Gasteiger partial charge >= 0.3 is 5.97 Å². The largest absolute Gasteiger partial charge is 0.467 e. The summed E-state index contributed by atoms with van der Waals surface area (Å²) >= 11 is 0. The fourth-order valence-corrected chi connectivity index (χ4v) is 2.17. The molecule has 0 amide bonds. The van der Waals surface area contributed by atoms with Gasteiger partial charge in [0.2, 0.25) is 0 Å². The maximum atomic E-state index is 11.2. The van der Waals surface area contributed by atoms with Crippen LogP contribution in [0.15, 0.2) is 0 Å². The van der Waals surface area contributed by atoms with E-state index >= 15 is 0 Å². The van der Waals surface area contributed by atoms with Crippen LogP contribution in [-0.4, -0.2) is 27.5 Å². The van der Waals surface area contributed by atoms with Crippen molar-refractivity contribution in [3.05, 3.63) is 0 Å². The number of carbonyl (C=O) groups excluding carboxylic acids is 1. The molecule has 4 heteroatoms. The summed E-state index contributed by atoms with van der Waals surface area (Å²) in [5, 5.41) is 0.120. The van der Waals surface area contributed by atoms with Gasteiger partial charge in [0, 0.05) is 0 Å². The third-order valence-corrected chi connectivity index (χ3v) is 7.37. The summed E-state index contributed by atoms with van der Waals surface area (Å²) in [6.07, 6.45) is -0.458. The Bertz CT molecular complexity index is 206. The van der Waals surface area contributed by atoms with Crippen molar-refractivity contribution in [3.63, 3.8) is 0 Å². The number of hydrogen-bond acceptors (Lipinski definition) is 3. The molecule has 14 heavy (non-hydrogen) atoms. The predicted molar refractivity (Wildman–Crippen MR) is 59.8 cm³/mol. The zero-order valence-electron chi connectivity index (χ0n) is 10.3. The van der Waals surface area contributed by atoms with Gasteiger partial charge in [0.05, 0.1) is 7.11 Å². The third kappa shape index (κ3) is 3.42. The highest BCUT2D eigenvalue weighted by atomic mass is 28.4. The molecule has 3 nitrogen and oxygen atoms in total. The van der Waals surface area contributed by atoms with Gasteiger partial charge < -0.3 is 9.16 Å². The first-order valence-electron chi connectivity index (χ1n) is 4.87. The minimum atomic E-state index is -1.85. The van der Waals surface area contributed by atoms with Crippen LogP contribution in [0.25, 0.3) is 0 Å². The van der Waals surface area contributed by atoms with Crippen LogP contribution in [0.1, 0.15) is 27.7 Å². The first kappa shape index (κ1) is 13.6. The number of carbonyl (C=O) groups is 1. The van der Waals surface area contributed by atoms with Gasteiger partial charge in [0.15, 0.2) is 8.32 Å². The van der Waals surface area contributed by atoms with E-state index in [1.54, 1.807) is 6.92 Å². The molecule has 0 aliphatic rings. The smallest absolute Gasteiger partial charge is 0.333 e. The van der Waals surface area contributed by atoms with Crippen LogP contribution in [0.2, 0.25) is 18.1 Å². The SMILES string of the molecule is COC(=O)[C@H](C)O[Si](C)(C)C(C)(C)C. The van der Waals surface area contributed by atoms with Crippen LogP contribution in [0.4, 0.5) is 0 Å². The van der Waals surface area contributed by atoms with Gasteiger partial charge in [-0.25, -0.2) is 4.79 Å². The first-order valence-corrected chi connectivity index (χ1v) is 7.78. The van der Waals surface area contributed by atoms with Crippen LogP contribution in [0, 0.1) is 0 Å². The summed E-state index contributed by atoms with van der Waals surface area (Å²) in [5.41, 5.74) is 0. The highest BCUT2D eigenvalue weighted by Gasteiger charge is 2.39. The molecule has 84 valence electrons. The summed E-state index contributed by atoms with van der Waals surface area (Å²) in [6, 6.07) is 0. The maximum absolute atomic E-state index is 11.2. The number of hydrogen-bond donors (Lipinski definition) is 0. The summed E-state index contributed by atoms with van der Waals surface area (Å²) in [5.74, 6) is -0.296. The van der Waals surface area contributed by atoms with Crippen molar-refractivity contribution in [2.45, 2.75) is 51.9 Å². The van der Waals surface area contributed by atoms with E-state index in [1.165, 1.54) is 7.11 Å². The number of esters is 1. The van der Waals surface area contributed by atoms with Gasteiger partial charge in [-0.05, 0) is 25.1 Å². The molecule has 0 aliphatic carbocycles. The molecule has 0 heterocycles. The van der Waals surface area contributed by atoms with Gasteiger partial charge in [0.25, 0.3) is 0 Å². The molecular formula is C10H22O3Si. The van der Waals surface area contributed by atoms with Crippen molar-refractivity contribution in [1.29, 1.82) is 0 Å². The molecule has 0 rings (SSSR count). The van der Waals surface area contributed by atoms with E-state index in [9.17, 15) is 4.79 Å². The fourth-order valence-electron chi connectivity index (χ4n) is 0.833. The second-order valence-electron chi connectivity index (χ2n) is 5.04. The minimum Gasteiger partial charge on any atom is -0.467 e. The monoisotopic (exact) mass is 218 g/mol. The van der Waals surface area contributed by atoms with Crippen LogP contribution in [0.3, 0.4) is 0 Å². The van der Waals surface area contributed by atoms with E-state index < -0.39 is 14.4 Å². The number of ether oxygens (including phenoxy) is 1. The maximum Gasteiger partial charge on any atom is 0.333 e. The van der Waals surface area contributed by atoms with Gasteiger partial charge in [0.1, 0.15) is 6.10 Å². The molecule has 0 spiro atoms. The zero-order valence-corrected chi connectivity index (χ0v) is 11.3. The van der Waals surface area contributed by atoms with E-state index in [-0.39, 0.29) is 11.0 Å². The lowest BCUT2D eigenvalue weighted by Crippen LogP contribution is -2.45. The summed E-state index contributed by atoms with van der Waals surface area (Å²) in [6.45, 7) is 12.4. The molecule has 0 saturated carbocycles. The molecule has 0 radical (unpaired) electrons. The second kappa shape index (κ2) is 4.44. The van der Waals surface area contributed by atoms with Crippen LogP contribution in [0.5, 0.6) is 0 Å². The molecule has 0 aliphatic heterocycles. The predicted octanol–water partition coefficient (Wildman–Crippen LogP) is 2.57. The molecule has 0 fully saturated rings. The molecule has 0 unspecified atom stereocenters. The van der Waals surface area contributed by atoms with E-state index in [4.69, 9.17) is 4.43 Å². The zero-order chi connectivity index (χ0) is 11.6. The average Bonchev–Trinajstić information content (AvgIpc) is 2.00. The Morgan fingerprint density at radius 3 is 2.00 bits per heavy atom. The van der Waals surface area contributed by atoms with Gasteiger partial charge in [-0.1, -0.05) is 20.8 Å². The van der Waals surface area contributed by atoms with Crippen molar-refractivity contribution < 1.29 is 14.0 Å². The Kier molecular flexibility index (Phi) is 4.33. The van der Waals surface area contributed by atoms with E-state index in [0.29, 0.717) is 0 Å². The van der Waals surface area contributed by atoms with Crippen molar-refractivity contribution in [2.24, 2.45) is 0 Å². The molecular weight excluding hydrogens is 196 g/mol. The Labute approximate surface area is 87.9 Å². The van der Waals surface area contributed by atoms with E-state index in [1.807, 2.05) is 0 Å². The lowest BCUT2D eigenvalue weighted by atomic mass is 10.2. The molecule has 1 atom stereocenters. The van der Waals surface area contributed by atoms with Gasteiger partial charge in [-0.3, -0.25) is 0 Å². The van der Waals surface area contributed by atoms with Crippen LogP contribution >= 0.6 is 0 Å². The van der Waals surface area contributed by atoms with E-state index in [0.717, 1.165) is 0 Å². The molecule has 0 saturated heterocycles. The Morgan fingerprint density at radius 2 is 1.71 bits per heavy atom. The normalized spacial score (nSPS) is 15.1. The molecule has 0 aromatic rings. The first-order chi connectivity index (χ1) is 6.12. The van der Waals surface area contributed by atoms with Crippen molar-refractivity contribution in [1.82, 2.24) is 0 Å². The summed E-state index contributed by atoms with van der Waals surface area (Å²) in [7, 11) is -0.465. The molecule has 0 aromatic carbocycles. The van der Waals surface area contributed by atoms with Crippen LogP contribution < -0.4 is 0 Å². The molecule has 0 bridgehead atoms. The Hall–Kier alpha value is -0.353. The third-order valence-electron chi connectivity index (χ3n) is 2.81. The lowest BCUT2D eigenvalue weighted by Gasteiger charge is -2.37. The second-order valence-corrected chi connectivity index (χ2v) is 9.80.